The second-order valence-electron chi connectivity index (χ2n) is 5.18. The van der Waals surface area contributed by atoms with E-state index in [1.165, 1.54) is 18.2 Å². The molecular formula is C15H18FN3O2. The Kier molecular flexibility index (Phi) is 4.09. The van der Waals surface area contributed by atoms with Gasteiger partial charge < -0.3 is 10.8 Å². The van der Waals surface area contributed by atoms with Gasteiger partial charge in [0.2, 0.25) is 0 Å². The molecule has 0 amide bonds. The van der Waals surface area contributed by atoms with Crippen LogP contribution in [0.1, 0.15) is 17.0 Å². The molecule has 1 atom stereocenters. The van der Waals surface area contributed by atoms with Gasteiger partial charge in [-0.25, -0.2) is 4.39 Å². The highest BCUT2D eigenvalue weighted by atomic mass is 19.1. The molecule has 21 heavy (non-hydrogen) atoms. The Morgan fingerprint density at radius 1 is 1.48 bits per heavy atom. The zero-order valence-corrected chi connectivity index (χ0v) is 12.0. The van der Waals surface area contributed by atoms with Gasteiger partial charge in [0, 0.05) is 25.7 Å². The second-order valence-corrected chi connectivity index (χ2v) is 5.18. The number of hydrogen-bond acceptors (Lipinski definition) is 3. The first kappa shape index (κ1) is 15.2. The Labute approximate surface area is 122 Å². The van der Waals surface area contributed by atoms with Gasteiger partial charge in [0.25, 0.3) is 0 Å². The number of aliphatic carboxylic acids is 1. The minimum atomic E-state index is -1.37. The Bertz CT molecular complexity index is 669. The summed E-state index contributed by atoms with van der Waals surface area (Å²) in [6.45, 7) is 1.70. The third-order valence-electron chi connectivity index (χ3n) is 3.72. The Morgan fingerprint density at radius 3 is 2.67 bits per heavy atom. The molecule has 2 rings (SSSR count). The van der Waals surface area contributed by atoms with Crippen LogP contribution in [0.25, 0.3) is 0 Å². The Balaban J connectivity index is 2.52. The molecule has 0 fully saturated rings. The van der Waals surface area contributed by atoms with Crippen molar-refractivity contribution in [3.63, 3.8) is 0 Å². The van der Waals surface area contributed by atoms with Crippen molar-refractivity contribution in [1.29, 1.82) is 0 Å². The van der Waals surface area contributed by atoms with Crippen molar-refractivity contribution < 1.29 is 14.3 Å². The highest BCUT2D eigenvalue weighted by molar-refractivity contribution is 5.82. The summed E-state index contributed by atoms with van der Waals surface area (Å²) < 4.78 is 15.1. The summed E-state index contributed by atoms with van der Waals surface area (Å²) >= 11 is 0. The van der Waals surface area contributed by atoms with E-state index in [1.54, 1.807) is 17.8 Å². The maximum absolute atomic E-state index is 13.5. The maximum atomic E-state index is 13.5. The lowest BCUT2D eigenvalue weighted by molar-refractivity contribution is -0.143. The molecule has 112 valence electrons. The molecule has 0 saturated carbocycles. The van der Waals surface area contributed by atoms with Crippen LogP contribution in [-0.2, 0) is 23.7 Å². The van der Waals surface area contributed by atoms with Gasteiger partial charge >= 0.3 is 5.97 Å². The monoisotopic (exact) mass is 291 g/mol. The fourth-order valence-electron chi connectivity index (χ4n) is 2.50. The molecule has 0 aliphatic heterocycles. The first-order chi connectivity index (χ1) is 9.89. The molecule has 5 nitrogen and oxygen atoms in total. The van der Waals surface area contributed by atoms with E-state index in [0.717, 1.165) is 11.4 Å². The Hall–Kier alpha value is -2.21. The van der Waals surface area contributed by atoms with Gasteiger partial charge in [-0.05, 0) is 30.7 Å². The maximum Gasteiger partial charge on any atom is 0.315 e. The van der Waals surface area contributed by atoms with Gasteiger partial charge in [0.1, 0.15) is 11.2 Å². The number of halogens is 1. The highest BCUT2D eigenvalue weighted by Crippen LogP contribution is 2.29. The number of rotatable bonds is 5. The summed E-state index contributed by atoms with van der Waals surface area (Å²) in [5.41, 5.74) is 6.28. The van der Waals surface area contributed by atoms with Gasteiger partial charge in [-0.1, -0.05) is 12.1 Å². The van der Waals surface area contributed by atoms with Gasteiger partial charge in [0.05, 0.1) is 5.69 Å². The lowest BCUT2D eigenvalue weighted by atomic mass is 9.76. The number of hydrogen-bond donors (Lipinski definition) is 2. The summed E-state index contributed by atoms with van der Waals surface area (Å²) in [5, 5.41) is 13.9. The molecule has 1 unspecified atom stereocenters. The van der Waals surface area contributed by atoms with Crippen LogP contribution in [-0.4, -0.2) is 27.4 Å². The smallest absolute Gasteiger partial charge is 0.315 e. The predicted molar refractivity (Wildman–Crippen MR) is 76.4 cm³/mol. The highest BCUT2D eigenvalue weighted by Gasteiger charge is 2.40. The van der Waals surface area contributed by atoms with Crippen LogP contribution in [0.4, 0.5) is 4.39 Å². The number of benzene rings is 1. The molecular weight excluding hydrogens is 273 g/mol. The van der Waals surface area contributed by atoms with E-state index in [1.807, 2.05) is 13.0 Å². The van der Waals surface area contributed by atoms with Crippen molar-refractivity contribution in [1.82, 2.24) is 9.78 Å². The van der Waals surface area contributed by atoms with E-state index < -0.39 is 17.2 Å². The molecule has 3 N–H and O–H groups in total. The van der Waals surface area contributed by atoms with Crippen molar-refractivity contribution in [3.8, 4) is 0 Å². The molecule has 0 radical (unpaired) electrons. The average Bonchev–Trinajstić information content (AvgIpc) is 2.73. The summed E-state index contributed by atoms with van der Waals surface area (Å²) in [4.78, 5) is 11.9. The second kappa shape index (κ2) is 5.65. The number of carboxylic acids is 1. The van der Waals surface area contributed by atoms with Crippen molar-refractivity contribution >= 4 is 5.97 Å². The molecule has 1 heterocycles. The minimum absolute atomic E-state index is 0.129. The van der Waals surface area contributed by atoms with Crippen LogP contribution < -0.4 is 5.73 Å². The normalized spacial score (nSPS) is 13.9. The lowest BCUT2D eigenvalue weighted by Crippen LogP contribution is -2.45. The fraction of sp³-hybridized carbons (Fsp3) is 0.333. The number of carbonyl (C=O) groups is 1. The molecule has 1 aromatic heterocycles. The van der Waals surface area contributed by atoms with Gasteiger partial charge in [0.15, 0.2) is 0 Å². The van der Waals surface area contributed by atoms with Gasteiger partial charge in [-0.2, -0.15) is 5.10 Å². The summed E-state index contributed by atoms with van der Waals surface area (Å²) in [6, 6.07) is 7.40. The third kappa shape index (κ3) is 2.80. The first-order valence-corrected chi connectivity index (χ1v) is 6.58. The molecule has 0 bridgehead atoms. The van der Waals surface area contributed by atoms with Crippen LogP contribution in [0, 0.1) is 12.7 Å². The van der Waals surface area contributed by atoms with E-state index in [0.29, 0.717) is 5.56 Å². The van der Waals surface area contributed by atoms with Crippen LogP contribution >= 0.6 is 0 Å². The number of carboxylic acid groups (broad SMARTS) is 1. The van der Waals surface area contributed by atoms with E-state index >= 15 is 0 Å². The van der Waals surface area contributed by atoms with Gasteiger partial charge in [-0.3, -0.25) is 9.48 Å². The molecule has 0 saturated heterocycles. The van der Waals surface area contributed by atoms with Crippen LogP contribution in [0.2, 0.25) is 0 Å². The van der Waals surface area contributed by atoms with E-state index in [9.17, 15) is 14.3 Å². The topological polar surface area (TPSA) is 81.1 Å². The molecule has 2 aromatic rings. The molecule has 0 aliphatic rings. The van der Waals surface area contributed by atoms with Crippen LogP contribution in [0.3, 0.4) is 0 Å². The Morgan fingerprint density at radius 2 is 2.19 bits per heavy atom. The van der Waals surface area contributed by atoms with Crippen molar-refractivity contribution in [2.45, 2.75) is 18.8 Å². The molecule has 0 aliphatic carbocycles. The zero-order valence-electron chi connectivity index (χ0n) is 12.0. The number of aryl methyl sites for hydroxylation is 2. The number of nitrogens with two attached hydrogens (primary N) is 1. The van der Waals surface area contributed by atoms with Crippen LogP contribution in [0.5, 0.6) is 0 Å². The fourth-order valence-corrected chi connectivity index (χ4v) is 2.50. The van der Waals surface area contributed by atoms with Crippen LogP contribution in [0.15, 0.2) is 30.3 Å². The molecule has 1 aromatic carbocycles. The van der Waals surface area contributed by atoms with E-state index in [-0.39, 0.29) is 13.0 Å². The number of aromatic nitrogens is 2. The zero-order chi connectivity index (χ0) is 15.6. The summed E-state index contributed by atoms with van der Waals surface area (Å²) in [5.74, 6) is -1.55. The molecule has 0 spiro atoms. The SMILES string of the molecule is Cc1cc(CC(CN)(C(=O)O)c2cccc(F)c2)n(C)n1. The first-order valence-electron chi connectivity index (χ1n) is 6.58. The lowest BCUT2D eigenvalue weighted by Gasteiger charge is -2.28. The standard InChI is InChI=1S/C15H18FN3O2/c1-10-6-13(19(2)18-10)8-15(9-17,14(20)21)11-4-3-5-12(16)7-11/h3-7H,8-9,17H2,1-2H3,(H,20,21). The number of nitrogens with zero attached hydrogens (tertiary/aromatic N) is 2. The van der Waals surface area contributed by atoms with Crippen molar-refractivity contribution in [3.05, 3.63) is 53.1 Å². The van der Waals surface area contributed by atoms with E-state index in [2.05, 4.69) is 5.10 Å². The molecule has 6 heteroatoms. The largest absolute Gasteiger partial charge is 0.481 e. The summed E-state index contributed by atoms with van der Waals surface area (Å²) in [6.07, 6.45) is 0.152. The van der Waals surface area contributed by atoms with Crippen molar-refractivity contribution in [2.75, 3.05) is 6.54 Å². The quantitative estimate of drug-likeness (QED) is 0.872. The third-order valence-corrected chi connectivity index (χ3v) is 3.72. The average molecular weight is 291 g/mol. The minimum Gasteiger partial charge on any atom is -0.481 e. The summed E-state index contributed by atoms with van der Waals surface area (Å²) in [7, 11) is 1.75. The predicted octanol–water partition coefficient (Wildman–Crippen LogP) is 1.39. The van der Waals surface area contributed by atoms with Gasteiger partial charge in [-0.15, -0.1) is 0 Å². The van der Waals surface area contributed by atoms with E-state index in [4.69, 9.17) is 5.73 Å². The van der Waals surface area contributed by atoms with Crippen molar-refractivity contribution in [2.24, 2.45) is 12.8 Å².